The highest BCUT2D eigenvalue weighted by atomic mass is 35.5. The molecule has 0 aliphatic heterocycles. The number of carboxylic acids is 1. The van der Waals surface area contributed by atoms with Gasteiger partial charge in [-0.25, -0.2) is 8.42 Å². The summed E-state index contributed by atoms with van der Waals surface area (Å²) >= 11 is 6.05. The van der Waals surface area contributed by atoms with Crippen LogP contribution in [-0.2, 0) is 14.8 Å². The zero-order valence-corrected chi connectivity index (χ0v) is 16.5. The Morgan fingerprint density at radius 2 is 1.73 bits per heavy atom. The molecule has 6 nitrogen and oxygen atoms in total. The van der Waals surface area contributed by atoms with Crippen molar-refractivity contribution in [3.63, 3.8) is 0 Å². The van der Waals surface area contributed by atoms with E-state index in [-0.39, 0.29) is 9.92 Å². The Labute approximate surface area is 158 Å². The fourth-order valence-electron chi connectivity index (χ4n) is 2.91. The Morgan fingerprint density at radius 1 is 1.15 bits per heavy atom. The van der Waals surface area contributed by atoms with Crippen molar-refractivity contribution in [3.8, 4) is 5.75 Å². The number of rotatable bonds is 6. The van der Waals surface area contributed by atoms with Crippen LogP contribution in [0.5, 0.6) is 5.75 Å². The molecule has 0 atom stereocenters. The van der Waals surface area contributed by atoms with E-state index in [1.807, 2.05) is 19.1 Å². The van der Waals surface area contributed by atoms with Crippen LogP contribution in [0.2, 0.25) is 5.02 Å². The minimum Gasteiger partial charge on any atom is -0.495 e. The highest BCUT2D eigenvalue weighted by Crippen LogP contribution is 2.33. The highest BCUT2D eigenvalue weighted by Gasteiger charge is 2.30. The van der Waals surface area contributed by atoms with Crippen molar-refractivity contribution in [2.75, 3.05) is 18.0 Å². The molecule has 0 aromatic heterocycles. The molecular weight excluding hydrogens is 378 g/mol. The molecule has 1 N–H and O–H groups in total. The fourth-order valence-corrected chi connectivity index (χ4v) is 4.80. The Morgan fingerprint density at radius 3 is 2.19 bits per heavy atom. The number of aliphatic carboxylic acids is 1. The summed E-state index contributed by atoms with van der Waals surface area (Å²) < 4.78 is 32.3. The van der Waals surface area contributed by atoms with Crippen molar-refractivity contribution in [1.82, 2.24) is 0 Å². The summed E-state index contributed by atoms with van der Waals surface area (Å²) in [5, 5.41) is 9.40. The molecule has 2 aromatic carbocycles. The number of hydrogen-bond acceptors (Lipinski definition) is 4. The van der Waals surface area contributed by atoms with Crippen molar-refractivity contribution in [3.05, 3.63) is 52.0 Å². The molecule has 8 heteroatoms. The number of carboxylic acid groups (broad SMARTS) is 1. The molecule has 0 fully saturated rings. The average Bonchev–Trinajstić information content (AvgIpc) is 2.52. The molecule has 0 radical (unpaired) electrons. The third-order valence-corrected chi connectivity index (χ3v) is 5.91. The number of methoxy groups -OCH3 is 1. The number of ether oxygens (including phenoxy) is 1. The van der Waals surface area contributed by atoms with Crippen molar-refractivity contribution in [2.45, 2.75) is 25.7 Å². The Balaban J connectivity index is 2.67. The van der Waals surface area contributed by atoms with Crippen molar-refractivity contribution in [1.29, 1.82) is 0 Å². The van der Waals surface area contributed by atoms with Gasteiger partial charge in [-0.05, 0) is 50.1 Å². The number of benzene rings is 2. The van der Waals surface area contributed by atoms with Gasteiger partial charge in [0.2, 0.25) is 0 Å². The number of anilines is 1. The average molecular weight is 398 g/mol. The van der Waals surface area contributed by atoms with E-state index in [0.717, 1.165) is 9.87 Å². The molecule has 0 heterocycles. The lowest BCUT2D eigenvalue weighted by Crippen LogP contribution is -2.36. The maximum atomic E-state index is 13.2. The van der Waals surface area contributed by atoms with Crippen LogP contribution in [0.3, 0.4) is 0 Å². The van der Waals surface area contributed by atoms with E-state index in [1.165, 1.54) is 25.3 Å². The summed E-state index contributed by atoms with van der Waals surface area (Å²) in [6.45, 7) is 4.70. The summed E-state index contributed by atoms with van der Waals surface area (Å²) in [5.74, 6) is -0.925. The second-order valence-electron chi connectivity index (χ2n) is 5.95. The first-order valence-electron chi connectivity index (χ1n) is 7.74. The zero-order valence-electron chi connectivity index (χ0n) is 14.9. The van der Waals surface area contributed by atoms with E-state index in [1.54, 1.807) is 13.8 Å². The van der Waals surface area contributed by atoms with Gasteiger partial charge in [0.25, 0.3) is 10.0 Å². The lowest BCUT2D eigenvalue weighted by atomic mass is 10.1. The molecule has 0 aliphatic carbocycles. The molecule has 2 aromatic rings. The number of aryl methyl sites for hydroxylation is 3. The summed E-state index contributed by atoms with van der Waals surface area (Å²) in [6, 6.07) is 7.65. The van der Waals surface area contributed by atoms with Gasteiger partial charge in [0.1, 0.15) is 12.3 Å². The van der Waals surface area contributed by atoms with Gasteiger partial charge in [-0.15, -0.1) is 0 Å². The van der Waals surface area contributed by atoms with Crippen LogP contribution in [0.4, 0.5) is 5.69 Å². The van der Waals surface area contributed by atoms with E-state index in [9.17, 15) is 18.3 Å². The van der Waals surface area contributed by atoms with Crippen molar-refractivity contribution in [2.24, 2.45) is 0 Å². The fraction of sp³-hybridized carbons (Fsp3) is 0.278. The first kappa shape index (κ1) is 20.1. The number of carbonyl (C=O) groups is 1. The monoisotopic (exact) mass is 397 g/mol. The van der Waals surface area contributed by atoms with E-state index in [4.69, 9.17) is 16.3 Å². The van der Waals surface area contributed by atoms with E-state index in [0.29, 0.717) is 22.6 Å². The van der Waals surface area contributed by atoms with Crippen LogP contribution in [0.1, 0.15) is 16.7 Å². The largest absolute Gasteiger partial charge is 0.495 e. The molecule has 0 bridgehead atoms. The lowest BCUT2D eigenvalue weighted by molar-refractivity contribution is -0.135. The smallest absolute Gasteiger partial charge is 0.324 e. The van der Waals surface area contributed by atoms with Gasteiger partial charge in [-0.3, -0.25) is 9.10 Å². The van der Waals surface area contributed by atoms with Gasteiger partial charge in [0, 0.05) is 0 Å². The molecule has 0 unspecified atom stereocenters. The summed E-state index contributed by atoms with van der Waals surface area (Å²) in [7, 11) is -2.72. The first-order chi connectivity index (χ1) is 12.1. The van der Waals surface area contributed by atoms with Crippen LogP contribution < -0.4 is 9.04 Å². The van der Waals surface area contributed by atoms with Gasteiger partial charge >= 0.3 is 5.97 Å². The topological polar surface area (TPSA) is 83.9 Å². The molecule has 0 aliphatic rings. The SMILES string of the molecule is COc1ccc(S(=O)(=O)N(CC(=O)O)c2c(C)cc(C)cc2C)cc1Cl. The minimum atomic E-state index is -4.14. The van der Waals surface area contributed by atoms with Crippen LogP contribution in [0, 0.1) is 20.8 Å². The Hall–Kier alpha value is -2.25. The Bertz CT molecular complexity index is 933. The number of sulfonamides is 1. The molecule has 0 saturated heterocycles. The standard InChI is InChI=1S/C18H20ClNO5S/c1-11-7-12(2)18(13(3)8-11)20(10-17(21)22)26(23,24)14-5-6-16(25-4)15(19)9-14/h5-9H,10H2,1-4H3,(H,21,22). The van der Waals surface area contributed by atoms with Gasteiger partial charge in [-0.2, -0.15) is 0 Å². The number of hydrogen-bond donors (Lipinski definition) is 1. The highest BCUT2D eigenvalue weighted by molar-refractivity contribution is 7.92. The minimum absolute atomic E-state index is 0.107. The molecule has 0 amide bonds. The van der Waals surface area contributed by atoms with E-state index in [2.05, 4.69) is 0 Å². The van der Waals surface area contributed by atoms with Crippen molar-refractivity contribution >= 4 is 33.3 Å². The number of nitrogens with zero attached hydrogens (tertiary/aromatic N) is 1. The molecule has 0 saturated carbocycles. The second-order valence-corrected chi connectivity index (χ2v) is 8.22. The maximum Gasteiger partial charge on any atom is 0.324 e. The van der Waals surface area contributed by atoms with Crippen LogP contribution >= 0.6 is 11.6 Å². The third kappa shape index (κ3) is 3.94. The van der Waals surface area contributed by atoms with E-state index < -0.39 is 22.5 Å². The predicted octanol–water partition coefficient (Wildman–Crippen LogP) is 3.55. The van der Waals surface area contributed by atoms with Gasteiger partial charge in [0.05, 0.1) is 22.7 Å². The van der Waals surface area contributed by atoms with E-state index >= 15 is 0 Å². The second kappa shape index (κ2) is 7.55. The quantitative estimate of drug-likeness (QED) is 0.805. The van der Waals surface area contributed by atoms with Gasteiger partial charge < -0.3 is 9.84 Å². The summed E-state index contributed by atoms with van der Waals surface area (Å²) in [5.41, 5.74) is 2.66. The van der Waals surface area contributed by atoms with Gasteiger partial charge in [-0.1, -0.05) is 29.3 Å². The first-order valence-corrected chi connectivity index (χ1v) is 9.55. The van der Waals surface area contributed by atoms with Crippen LogP contribution in [0.15, 0.2) is 35.2 Å². The van der Waals surface area contributed by atoms with Crippen LogP contribution in [0.25, 0.3) is 0 Å². The molecule has 26 heavy (non-hydrogen) atoms. The molecular formula is C18H20ClNO5S. The van der Waals surface area contributed by atoms with Gasteiger partial charge in [0.15, 0.2) is 0 Å². The zero-order chi connectivity index (χ0) is 19.6. The predicted molar refractivity (Wildman–Crippen MR) is 101 cm³/mol. The summed E-state index contributed by atoms with van der Waals surface area (Å²) in [4.78, 5) is 11.3. The van der Waals surface area contributed by atoms with Crippen LogP contribution in [-0.4, -0.2) is 33.1 Å². The molecule has 2 rings (SSSR count). The van der Waals surface area contributed by atoms with Crippen molar-refractivity contribution < 1.29 is 23.1 Å². The summed E-state index contributed by atoms with van der Waals surface area (Å²) in [6.07, 6.45) is 0. The normalized spacial score (nSPS) is 11.3. The Kier molecular flexibility index (Phi) is 5.83. The number of halogens is 1. The maximum absolute atomic E-state index is 13.2. The third-order valence-electron chi connectivity index (χ3n) is 3.87. The lowest BCUT2D eigenvalue weighted by Gasteiger charge is -2.26. The molecule has 140 valence electrons. The molecule has 0 spiro atoms.